The predicted octanol–water partition coefficient (Wildman–Crippen LogP) is 4.49. The van der Waals surface area contributed by atoms with Crippen LogP contribution in [0.1, 0.15) is 35.0 Å². The first-order chi connectivity index (χ1) is 9.99. The number of pyridine rings is 1. The van der Waals surface area contributed by atoms with Gasteiger partial charge >= 0.3 is 5.97 Å². The third kappa shape index (κ3) is 3.95. The van der Waals surface area contributed by atoms with Crippen molar-refractivity contribution >= 4 is 17.6 Å². The van der Waals surface area contributed by atoms with Gasteiger partial charge in [0.25, 0.3) is 0 Å². The SMILES string of the molecule is CCCc1cc(C(=O)O)cc(Oc2ccc(Cl)cc2C)n1. The Labute approximate surface area is 128 Å². The fourth-order valence-electron chi connectivity index (χ4n) is 1.96. The van der Waals surface area contributed by atoms with Gasteiger partial charge in [0.15, 0.2) is 0 Å². The summed E-state index contributed by atoms with van der Waals surface area (Å²) in [6.45, 7) is 3.88. The van der Waals surface area contributed by atoms with Crippen LogP contribution in [0.25, 0.3) is 0 Å². The van der Waals surface area contributed by atoms with Gasteiger partial charge < -0.3 is 9.84 Å². The van der Waals surface area contributed by atoms with Crippen molar-refractivity contribution in [3.05, 3.63) is 52.2 Å². The number of aryl methyl sites for hydroxylation is 2. The molecule has 0 atom stereocenters. The summed E-state index contributed by atoms with van der Waals surface area (Å²) in [5, 5.41) is 9.78. The molecule has 5 heteroatoms. The number of halogens is 1. The van der Waals surface area contributed by atoms with Crippen molar-refractivity contribution in [3.63, 3.8) is 0 Å². The van der Waals surface area contributed by atoms with Crippen LogP contribution in [0.4, 0.5) is 0 Å². The first-order valence-corrected chi connectivity index (χ1v) is 7.05. The molecule has 21 heavy (non-hydrogen) atoms. The smallest absolute Gasteiger partial charge is 0.335 e. The lowest BCUT2D eigenvalue weighted by molar-refractivity contribution is 0.0696. The number of hydrogen-bond acceptors (Lipinski definition) is 3. The lowest BCUT2D eigenvalue weighted by atomic mass is 10.1. The summed E-state index contributed by atoms with van der Waals surface area (Å²) in [4.78, 5) is 15.5. The molecule has 0 spiro atoms. The van der Waals surface area contributed by atoms with Crippen LogP contribution in [0.5, 0.6) is 11.6 Å². The molecule has 0 amide bonds. The Balaban J connectivity index is 2.36. The highest BCUT2D eigenvalue weighted by atomic mass is 35.5. The maximum Gasteiger partial charge on any atom is 0.335 e. The van der Waals surface area contributed by atoms with Gasteiger partial charge in [0.05, 0.1) is 5.56 Å². The number of carboxylic acids is 1. The molecule has 0 fully saturated rings. The summed E-state index contributed by atoms with van der Waals surface area (Å²) in [5.41, 5.74) is 1.75. The van der Waals surface area contributed by atoms with Gasteiger partial charge in [0.1, 0.15) is 5.75 Å². The predicted molar refractivity (Wildman–Crippen MR) is 81.5 cm³/mol. The van der Waals surface area contributed by atoms with Crippen LogP contribution in [-0.4, -0.2) is 16.1 Å². The number of aromatic carboxylic acids is 1. The Hall–Kier alpha value is -2.07. The molecule has 2 aromatic rings. The molecule has 0 unspecified atom stereocenters. The first-order valence-electron chi connectivity index (χ1n) is 6.68. The summed E-state index contributed by atoms with van der Waals surface area (Å²) < 4.78 is 5.71. The molecule has 110 valence electrons. The Bertz CT molecular complexity index is 671. The molecule has 0 saturated heterocycles. The molecule has 0 aliphatic rings. The molecular formula is C16H16ClNO3. The second kappa shape index (κ2) is 6.59. The topological polar surface area (TPSA) is 59.4 Å². The third-order valence-corrected chi connectivity index (χ3v) is 3.19. The number of rotatable bonds is 5. The third-order valence-electron chi connectivity index (χ3n) is 2.96. The van der Waals surface area contributed by atoms with Gasteiger partial charge in [-0.2, -0.15) is 0 Å². The van der Waals surface area contributed by atoms with Gasteiger partial charge in [-0.05, 0) is 43.2 Å². The number of benzene rings is 1. The normalized spacial score (nSPS) is 10.4. The molecule has 1 aromatic heterocycles. The van der Waals surface area contributed by atoms with Crippen molar-refractivity contribution in [2.24, 2.45) is 0 Å². The summed E-state index contributed by atoms with van der Waals surface area (Å²) in [6.07, 6.45) is 1.59. The van der Waals surface area contributed by atoms with Crippen LogP contribution in [0.2, 0.25) is 5.02 Å². The largest absolute Gasteiger partial charge is 0.478 e. The number of carbonyl (C=O) groups is 1. The second-order valence-electron chi connectivity index (χ2n) is 4.75. The average Bonchev–Trinajstić information content (AvgIpc) is 2.42. The number of aromatic nitrogens is 1. The summed E-state index contributed by atoms with van der Waals surface area (Å²) >= 11 is 5.90. The number of nitrogens with zero attached hydrogens (tertiary/aromatic N) is 1. The van der Waals surface area contributed by atoms with Gasteiger partial charge in [-0.1, -0.05) is 24.9 Å². The first kappa shape index (κ1) is 15.3. The maximum absolute atomic E-state index is 11.2. The van der Waals surface area contributed by atoms with Crippen molar-refractivity contribution in [1.29, 1.82) is 0 Å². The van der Waals surface area contributed by atoms with Crippen LogP contribution >= 0.6 is 11.6 Å². The highest BCUT2D eigenvalue weighted by Gasteiger charge is 2.11. The number of hydrogen-bond donors (Lipinski definition) is 1. The van der Waals surface area contributed by atoms with E-state index in [1.54, 1.807) is 24.3 Å². The van der Waals surface area contributed by atoms with E-state index in [1.165, 1.54) is 6.07 Å². The Morgan fingerprint density at radius 1 is 1.33 bits per heavy atom. The second-order valence-corrected chi connectivity index (χ2v) is 5.19. The molecule has 1 aromatic carbocycles. The van der Waals surface area contributed by atoms with Crippen molar-refractivity contribution in [1.82, 2.24) is 4.98 Å². The van der Waals surface area contributed by atoms with Crippen molar-refractivity contribution in [2.45, 2.75) is 26.7 Å². The highest BCUT2D eigenvalue weighted by Crippen LogP contribution is 2.27. The summed E-state index contributed by atoms with van der Waals surface area (Å²) in [6, 6.07) is 8.25. The van der Waals surface area contributed by atoms with Crippen molar-refractivity contribution in [3.8, 4) is 11.6 Å². The van der Waals surface area contributed by atoms with E-state index in [0.29, 0.717) is 22.9 Å². The van der Waals surface area contributed by atoms with Gasteiger partial charge in [0, 0.05) is 16.8 Å². The van der Waals surface area contributed by atoms with Gasteiger partial charge in [-0.25, -0.2) is 9.78 Å². The van der Waals surface area contributed by atoms with E-state index in [4.69, 9.17) is 21.4 Å². The van der Waals surface area contributed by atoms with Crippen LogP contribution in [0.15, 0.2) is 30.3 Å². The molecule has 4 nitrogen and oxygen atoms in total. The molecular weight excluding hydrogens is 290 g/mol. The molecule has 0 saturated carbocycles. The van der Waals surface area contributed by atoms with Crippen molar-refractivity contribution < 1.29 is 14.6 Å². The van der Waals surface area contributed by atoms with Crippen LogP contribution < -0.4 is 4.74 Å². The summed E-state index contributed by atoms with van der Waals surface area (Å²) in [5.74, 6) is -0.104. The monoisotopic (exact) mass is 305 g/mol. The molecule has 0 radical (unpaired) electrons. The fraction of sp³-hybridized carbons (Fsp3) is 0.250. The molecule has 1 heterocycles. The molecule has 0 aliphatic carbocycles. The van der Waals surface area contributed by atoms with Gasteiger partial charge in [-0.15, -0.1) is 0 Å². The van der Waals surface area contributed by atoms with E-state index < -0.39 is 5.97 Å². The van der Waals surface area contributed by atoms with E-state index in [-0.39, 0.29) is 11.4 Å². The van der Waals surface area contributed by atoms with E-state index >= 15 is 0 Å². The quantitative estimate of drug-likeness (QED) is 0.884. The Morgan fingerprint density at radius 2 is 2.10 bits per heavy atom. The number of carboxylic acid groups (broad SMARTS) is 1. The van der Waals surface area contributed by atoms with Crippen molar-refractivity contribution in [2.75, 3.05) is 0 Å². The summed E-state index contributed by atoms with van der Waals surface area (Å²) in [7, 11) is 0. The minimum absolute atomic E-state index is 0.176. The van der Waals surface area contributed by atoms with Crippen LogP contribution in [0.3, 0.4) is 0 Å². The van der Waals surface area contributed by atoms with E-state index in [9.17, 15) is 4.79 Å². The minimum Gasteiger partial charge on any atom is -0.478 e. The zero-order valence-electron chi connectivity index (χ0n) is 11.9. The maximum atomic E-state index is 11.2. The standard InChI is InChI=1S/C16H16ClNO3/c1-3-4-13-8-11(16(19)20)9-15(18-13)21-14-6-5-12(17)7-10(14)2/h5-9H,3-4H2,1-2H3,(H,19,20). The van der Waals surface area contributed by atoms with Crippen LogP contribution in [-0.2, 0) is 6.42 Å². The molecule has 1 N–H and O–H groups in total. The van der Waals surface area contributed by atoms with E-state index in [1.807, 2.05) is 13.8 Å². The van der Waals surface area contributed by atoms with Crippen LogP contribution in [0, 0.1) is 6.92 Å². The van der Waals surface area contributed by atoms with Gasteiger partial charge in [-0.3, -0.25) is 0 Å². The van der Waals surface area contributed by atoms with Gasteiger partial charge in [0.2, 0.25) is 5.88 Å². The zero-order chi connectivity index (χ0) is 15.4. The lowest BCUT2D eigenvalue weighted by Crippen LogP contribution is -2.02. The Kier molecular flexibility index (Phi) is 4.81. The molecule has 0 bridgehead atoms. The average molecular weight is 306 g/mol. The minimum atomic E-state index is -0.993. The zero-order valence-corrected chi connectivity index (χ0v) is 12.6. The van der Waals surface area contributed by atoms with E-state index in [2.05, 4.69) is 4.98 Å². The molecule has 2 rings (SSSR count). The van der Waals surface area contributed by atoms with E-state index in [0.717, 1.165) is 12.0 Å². The highest BCUT2D eigenvalue weighted by molar-refractivity contribution is 6.30. The fourth-order valence-corrected chi connectivity index (χ4v) is 2.19. The number of ether oxygens (including phenoxy) is 1. The lowest BCUT2D eigenvalue weighted by Gasteiger charge is -2.10. The molecule has 0 aliphatic heterocycles. The Morgan fingerprint density at radius 3 is 2.71 bits per heavy atom.